The van der Waals surface area contributed by atoms with Crippen LogP contribution in [0.1, 0.15) is 33.1 Å². The molecule has 3 rings (SSSR count). The number of rotatable bonds is 1. The maximum absolute atomic E-state index is 12.5. The third kappa shape index (κ3) is 2.26. The number of anilines is 1. The van der Waals surface area contributed by atoms with Crippen molar-refractivity contribution in [2.45, 2.75) is 45.2 Å². The quantitative estimate of drug-likeness (QED) is 0.810. The monoisotopic (exact) mass is 271 g/mol. The number of para-hydroxylation sites is 1. The Morgan fingerprint density at radius 1 is 1.25 bits per heavy atom. The highest BCUT2D eigenvalue weighted by molar-refractivity contribution is 6.01. The van der Waals surface area contributed by atoms with E-state index < -0.39 is 0 Å². The van der Waals surface area contributed by atoms with Gasteiger partial charge in [-0.05, 0) is 39.2 Å². The SMILES string of the molecule is CC1CCCC(C)N1C(=O)Nc1c[nH]c2ccccc12. The van der Waals surface area contributed by atoms with Crippen LogP contribution < -0.4 is 5.32 Å². The summed E-state index contributed by atoms with van der Waals surface area (Å²) in [4.78, 5) is 17.7. The van der Waals surface area contributed by atoms with Crippen LogP contribution in [0.25, 0.3) is 10.9 Å². The second-order valence-corrected chi connectivity index (χ2v) is 5.71. The van der Waals surface area contributed by atoms with Gasteiger partial charge in [-0.15, -0.1) is 0 Å². The van der Waals surface area contributed by atoms with E-state index in [1.54, 1.807) is 0 Å². The summed E-state index contributed by atoms with van der Waals surface area (Å²) >= 11 is 0. The van der Waals surface area contributed by atoms with Gasteiger partial charge in [0.1, 0.15) is 0 Å². The number of fused-ring (bicyclic) bond motifs is 1. The minimum Gasteiger partial charge on any atom is -0.359 e. The van der Waals surface area contributed by atoms with Crippen LogP contribution in [0.15, 0.2) is 30.5 Å². The van der Waals surface area contributed by atoms with Crippen molar-refractivity contribution in [3.63, 3.8) is 0 Å². The van der Waals surface area contributed by atoms with Crippen LogP contribution in [0.5, 0.6) is 0 Å². The van der Waals surface area contributed by atoms with Crippen LogP contribution in [0, 0.1) is 0 Å². The highest BCUT2D eigenvalue weighted by Crippen LogP contribution is 2.26. The van der Waals surface area contributed by atoms with Crippen LogP contribution in [0.2, 0.25) is 0 Å². The minimum atomic E-state index is 0.00875. The number of nitrogens with one attached hydrogen (secondary N) is 2. The molecule has 1 aliphatic rings. The van der Waals surface area contributed by atoms with Gasteiger partial charge in [0.2, 0.25) is 0 Å². The smallest absolute Gasteiger partial charge is 0.322 e. The molecular weight excluding hydrogens is 250 g/mol. The van der Waals surface area contributed by atoms with E-state index in [1.807, 2.05) is 35.4 Å². The first-order chi connectivity index (χ1) is 9.66. The standard InChI is InChI=1S/C16H21N3O/c1-11-6-5-7-12(2)19(11)16(20)18-15-10-17-14-9-4-3-8-13(14)15/h3-4,8-12,17H,5-7H2,1-2H3,(H,18,20). The Morgan fingerprint density at radius 3 is 2.70 bits per heavy atom. The number of likely N-dealkylation sites (tertiary alicyclic amines) is 1. The number of carbonyl (C=O) groups is 1. The highest BCUT2D eigenvalue weighted by atomic mass is 16.2. The Bertz CT molecular complexity index is 609. The summed E-state index contributed by atoms with van der Waals surface area (Å²) < 4.78 is 0. The van der Waals surface area contributed by atoms with Gasteiger partial charge >= 0.3 is 6.03 Å². The van der Waals surface area contributed by atoms with Crippen molar-refractivity contribution < 1.29 is 4.79 Å². The molecule has 0 radical (unpaired) electrons. The molecule has 20 heavy (non-hydrogen) atoms. The summed E-state index contributed by atoms with van der Waals surface area (Å²) in [5, 5.41) is 4.11. The number of benzene rings is 1. The van der Waals surface area contributed by atoms with Gasteiger partial charge in [0.05, 0.1) is 5.69 Å². The van der Waals surface area contributed by atoms with Crippen molar-refractivity contribution >= 4 is 22.6 Å². The summed E-state index contributed by atoms with van der Waals surface area (Å²) in [7, 11) is 0. The molecule has 0 bridgehead atoms. The number of hydrogen-bond donors (Lipinski definition) is 2. The fourth-order valence-corrected chi connectivity index (χ4v) is 3.18. The number of aromatic amines is 1. The highest BCUT2D eigenvalue weighted by Gasteiger charge is 2.29. The van der Waals surface area contributed by atoms with Crippen molar-refractivity contribution in [1.29, 1.82) is 0 Å². The summed E-state index contributed by atoms with van der Waals surface area (Å²) in [6.45, 7) is 4.26. The van der Waals surface area contributed by atoms with Gasteiger partial charge in [0.15, 0.2) is 0 Å². The fourth-order valence-electron chi connectivity index (χ4n) is 3.18. The van der Waals surface area contributed by atoms with Crippen molar-refractivity contribution in [2.24, 2.45) is 0 Å². The molecule has 1 aliphatic heterocycles. The average Bonchev–Trinajstić information content (AvgIpc) is 2.82. The predicted molar refractivity (Wildman–Crippen MR) is 81.9 cm³/mol. The third-order valence-corrected chi connectivity index (χ3v) is 4.26. The van der Waals surface area contributed by atoms with Crippen LogP contribution >= 0.6 is 0 Å². The molecule has 2 amide bonds. The lowest BCUT2D eigenvalue weighted by Crippen LogP contribution is -2.49. The summed E-state index contributed by atoms with van der Waals surface area (Å²) in [6, 6.07) is 8.63. The normalized spacial score (nSPS) is 23.0. The molecule has 4 nitrogen and oxygen atoms in total. The van der Waals surface area contributed by atoms with Gasteiger partial charge in [-0.3, -0.25) is 0 Å². The van der Waals surface area contributed by atoms with Crippen molar-refractivity contribution in [3.8, 4) is 0 Å². The molecule has 2 aromatic rings. The first kappa shape index (κ1) is 13.0. The van der Waals surface area contributed by atoms with Crippen LogP contribution in [-0.2, 0) is 0 Å². The first-order valence-electron chi connectivity index (χ1n) is 7.32. The van der Waals surface area contributed by atoms with Crippen molar-refractivity contribution in [3.05, 3.63) is 30.5 Å². The molecule has 2 atom stereocenters. The third-order valence-electron chi connectivity index (χ3n) is 4.26. The maximum Gasteiger partial charge on any atom is 0.322 e. The summed E-state index contributed by atoms with van der Waals surface area (Å²) in [5.74, 6) is 0. The lowest BCUT2D eigenvalue weighted by Gasteiger charge is -2.38. The molecule has 1 aromatic heterocycles. The molecule has 1 saturated heterocycles. The zero-order chi connectivity index (χ0) is 14.1. The first-order valence-corrected chi connectivity index (χ1v) is 7.32. The average molecular weight is 271 g/mol. The Hall–Kier alpha value is -1.97. The van der Waals surface area contributed by atoms with E-state index in [-0.39, 0.29) is 6.03 Å². The van der Waals surface area contributed by atoms with Gasteiger partial charge in [-0.1, -0.05) is 18.2 Å². The van der Waals surface area contributed by atoms with Crippen molar-refractivity contribution in [2.75, 3.05) is 5.32 Å². The molecule has 2 N–H and O–H groups in total. The maximum atomic E-state index is 12.5. The zero-order valence-corrected chi connectivity index (χ0v) is 12.0. The zero-order valence-electron chi connectivity index (χ0n) is 12.0. The summed E-state index contributed by atoms with van der Waals surface area (Å²) in [6.07, 6.45) is 5.25. The van der Waals surface area contributed by atoms with E-state index in [4.69, 9.17) is 0 Å². The molecule has 0 saturated carbocycles. The Balaban J connectivity index is 1.81. The van der Waals surface area contributed by atoms with E-state index >= 15 is 0 Å². The van der Waals surface area contributed by atoms with E-state index in [9.17, 15) is 4.79 Å². The second-order valence-electron chi connectivity index (χ2n) is 5.71. The number of aromatic nitrogens is 1. The Kier molecular flexibility index (Phi) is 3.38. The fraction of sp³-hybridized carbons (Fsp3) is 0.438. The van der Waals surface area contributed by atoms with E-state index in [0.29, 0.717) is 12.1 Å². The number of H-pyrrole nitrogens is 1. The van der Waals surface area contributed by atoms with Gasteiger partial charge in [0, 0.05) is 29.2 Å². The molecule has 4 heteroatoms. The summed E-state index contributed by atoms with van der Waals surface area (Å²) in [5.41, 5.74) is 1.90. The van der Waals surface area contributed by atoms with Gasteiger partial charge in [-0.25, -0.2) is 4.79 Å². The number of piperidine rings is 1. The second kappa shape index (κ2) is 5.19. The van der Waals surface area contributed by atoms with Gasteiger partial charge < -0.3 is 15.2 Å². The lowest BCUT2D eigenvalue weighted by molar-refractivity contribution is 0.133. The minimum absolute atomic E-state index is 0.00875. The lowest BCUT2D eigenvalue weighted by atomic mass is 9.98. The van der Waals surface area contributed by atoms with E-state index in [1.165, 1.54) is 6.42 Å². The van der Waals surface area contributed by atoms with Gasteiger partial charge in [-0.2, -0.15) is 0 Å². The van der Waals surface area contributed by atoms with Gasteiger partial charge in [0.25, 0.3) is 0 Å². The van der Waals surface area contributed by atoms with E-state index in [2.05, 4.69) is 24.1 Å². The number of carbonyl (C=O) groups excluding carboxylic acids is 1. The molecule has 0 aliphatic carbocycles. The van der Waals surface area contributed by atoms with Crippen LogP contribution in [0.3, 0.4) is 0 Å². The Morgan fingerprint density at radius 2 is 1.95 bits per heavy atom. The molecule has 106 valence electrons. The van der Waals surface area contributed by atoms with Crippen LogP contribution in [0.4, 0.5) is 10.5 Å². The van der Waals surface area contributed by atoms with Crippen LogP contribution in [-0.4, -0.2) is 28.0 Å². The number of hydrogen-bond acceptors (Lipinski definition) is 1. The topological polar surface area (TPSA) is 48.1 Å². The van der Waals surface area contributed by atoms with E-state index in [0.717, 1.165) is 29.4 Å². The number of urea groups is 1. The van der Waals surface area contributed by atoms with Crippen molar-refractivity contribution in [1.82, 2.24) is 9.88 Å². The Labute approximate surface area is 119 Å². The molecule has 2 unspecified atom stereocenters. The molecule has 2 heterocycles. The molecular formula is C16H21N3O. The largest absolute Gasteiger partial charge is 0.359 e. The molecule has 1 fully saturated rings. The molecule has 0 spiro atoms. The number of nitrogens with zero attached hydrogens (tertiary/aromatic N) is 1. The predicted octanol–water partition coefficient (Wildman–Crippen LogP) is 3.96. The number of amides is 2. The molecule has 1 aromatic carbocycles.